The highest BCUT2D eigenvalue weighted by atomic mass is 32.1. The molecule has 0 atom stereocenters. The van der Waals surface area contributed by atoms with Crippen LogP contribution in [-0.2, 0) is 0 Å². The average Bonchev–Trinajstić information content (AvgIpc) is 2.98. The number of nitrogens with zero attached hydrogens (tertiary/aromatic N) is 1. The average molecular weight is 313 g/mol. The second kappa shape index (κ2) is 12.3. The lowest BCUT2D eigenvalue weighted by atomic mass is 10.1. The number of hydrogen-bond acceptors (Lipinski definition) is 1. The largest absolute Gasteiger partial charge is 0.360 e. The Bertz CT molecular complexity index is 250. The third-order valence-electron chi connectivity index (χ3n) is 4.53. The van der Waals surface area contributed by atoms with E-state index in [1.807, 2.05) is 0 Å². The van der Waals surface area contributed by atoms with Crippen molar-refractivity contribution in [1.29, 1.82) is 0 Å². The molecule has 0 spiro atoms. The monoisotopic (exact) mass is 312 g/mol. The first-order valence-electron chi connectivity index (χ1n) is 9.33. The second-order valence-corrected chi connectivity index (χ2v) is 6.93. The van der Waals surface area contributed by atoms with Gasteiger partial charge in [-0.1, -0.05) is 65.2 Å². The fraction of sp³-hybridized carbons (Fsp3) is 0.944. The normalized spacial score (nSPS) is 15.3. The molecular formula is C18H36N2S. The Morgan fingerprint density at radius 1 is 0.905 bits per heavy atom. The van der Waals surface area contributed by atoms with Crippen LogP contribution in [0.4, 0.5) is 0 Å². The molecule has 0 aliphatic heterocycles. The highest BCUT2D eigenvalue weighted by Gasteiger charge is 2.18. The summed E-state index contributed by atoms with van der Waals surface area (Å²) in [5.74, 6) is 0. The second-order valence-electron chi connectivity index (χ2n) is 6.54. The minimum absolute atomic E-state index is 0.645. The molecule has 124 valence electrons. The van der Waals surface area contributed by atoms with Crippen LogP contribution in [0.25, 0.3) is 0 Å². The Kier molecular flexibility index (Phi) is 10.9. The number of thiocarbonyl (C=S) groups is 1. The van der Waals surface area contributed by atoms with E-state index >= 15 is 0 Å². The first kappa shape index (κ1) is 18.7. The van der Waals surface area contributed by atoms with Crippen molar-refractivity contribution in [2.75, 3.05) is 13.1 Å². The van der Waals surface area contributed by atoms with Gasteiger partial charge in [-0.25, -0.2) is 0 Å². The molecule has 0 saturated heterocycles. The SMILES string of the molecule is CCCCCCN(CCCCCC)C(=S)NC1CCCC1. The maximum Gasteiger partial charge on any atom is 0.169 e. The van der Waals surface area contributed by atoms with Gasteiger partial charge in [0.25, 0.3) is 0 Å². The molecule has 1 saturated carbocycles. The summed E-state index contributed by atoms with van der Waals surface area (Å²) in [4.78, 5) is 2.44. The zero-order valence-electron chi connectivity index (χ0n) is 14.3. The summed E-state index contributed by atoms with van der Waals surface area (Å²) in [6.07, 6.45) is 15.9. The molecule has 1 N–H and O–H groups in total. The molecule has 0 aromatic heterocycles. The molecule has 0 bridgehead atoms. The highest BCUT2D eigenvalue weighted by molar-refractivity contribution is 7.80. The van der Waals surface area contributed by atoms with Crippen LogP contribution >= 0.6 is 12.2 Å². The molecule has 3 heteroatoms. The van der Waals surface area contributed by atoms with E-state index in [-0.39, 0.29) is 0 Å². The van der Waals surface area contributed by atoms with Crippen LogP contribution in [0.1, 0.15) is 90.9 Å². The van der Waals surface area contributed by atoms with Crippen LogP contribution in [0.2, 0.25) is 0 Å². The van der Waals surface area contributed by atoms with Crippen molar-refractivity contribution in [2.45, 2.75) is 96.9 Å². The van der Waals surface area contributed by atoms with E-state index in [9.17, 15) is 0 Å². The van der Waals surface area contributed by atoms with E-state index < -0.39 is 0 Å². The van der Waals surface area contributed by atoms with E-state index in [0.29, 0.717) is 6.04 Å². The van der Waals surface area contributed by atoms with Gasteiger partial charge in [0, 0.05) is 19.1 Å². The van der Waals surface area contributed by atoms with Gasteiger partial charge in [-0.15, -0.1) is 0 Å². The van der Waals surface area contributed by atoms with Crippen molar-refractivity contribution in [1.82, 2.24) is 10.2 Å². The molecule has 1 rings (SSSR count). The van der Waals surface area contributed by atoms with E-state index in [2.05, 4.69) is 24.1 Å². The lowest BCUT2D eigenvalue weighted by Gasteiger charge is -2.28. The van der Waals surface area contributed by atoms with Gasteiger partial charge in [0.1, 0.15) is 0 Å². The minimum atomic E-state index is 0.645. The highest BCUT2D eigenvalue weighted by Crippen LogP contribution is 2.18. The zero-order chi connectivity index (χ0) is 15.3. The molecule has 1 aliphatic rings. The summed E-state index contributed by atoms with van der Waals surface area (Å²) in [7, 11) is 0. The van der Waals surface area contributed by atoms with Gasteiger partial charge in [-0.3, -0.25) is 0 Å². The fourth-order valence-electron chi connectivity index (χ4n) is 3.11. The van der Waals surface area contributed by atoms with E-state index in [1.54, 1.807) is 0 Å². The molecule has 0 aromatic carbocycles. The molecule has 0 aromatic rings. The fourth-order valence-corrected chi connectivity index (χ4v) is 3.46. The summed E-state index contributed by atoms with van der Waals surface area (Å²) in [6, 6.07) is 0.645. The molecule has 1 aliphatic carbocycles. The van der Waals surface area contributed by atoms with E-state index in [4.69, 9.17) is 12.2 Å². The zero-order valence-corrected chi connectivity index (χ0v) is 15.1. The summed E-state index contributed by atoms with van der Waals surface area (Å²) in [5, 5.41) is 4.64. The smallest absolute Gasteiger partial charge is 0.169 e. The topological polar surface area (TPSA) is 15.3 Å². The lowest BCUT2D eigenvalue weighted by Crippen LogP contribution is -2.44. The molecule has 0 heterocycles. The molecule has 1 fully saturated rings. The van der Waals surface area contributed by atoms with Gasteiger partial charge in [0.2, 0.25) is 0 Å². The summed E-state index contributed by atoms with van der Waals surface area (Å²) in [6.45, 7) is 6.83. The van der Waals surface area contributed by atoms with Crippen LogP contribution < -0.4 is 5.32 Å². The third kappa shape index (κ3) is 8.65. The lowest BCUT2D eigenvalue weighted by molar-refractivity contribution is 0.375. The molecule has 21 heavy (non-hydrogen) atoms. The molecule has 0 radical (unpaired) electrons. The first-order valence-corrected chi connectivity index (χ1v) is 9.74. The molecule has 2 nitrogen and oxygen atoms in total. The van der Waals surface area contributed by atoms with Crippen LogP contribution in [0, 0.1) is 0 Å². The Morgan fingerprint density at radius 3 is 1.90 bits per heavy atom. The van der Waals surface area contributed by atoms with Gasteiger partial charge < -0.3 is 10.2 Å². The van der Waals surface area contributed by atoms with Crippen molar-refractivity contribution >= 4 is 17.3 Å². The molecule has 0 unspecified atom stereocenters. The Labute approximate surface area is 138 Å². The summed E-state index contributed by atoms with van der Waals surface area (Å²) in [5.41, 5.74) is 0. The Balaban J connectivity index is 2.30. The van der Waals surface area contributed by atoms with Crippen molar-refractivity contribution in [3.63, 3.8) is 0 Å². The predicted molar refractivity (Wildman–Crippen MR) is 97.8 cm³/mol. The minimum Gasteiger partial charge on any atom is -0.360 e. The molecule has 0 amide bonds. The predicted octanol–water partition coefficient (Wildman–Crippen LogP) is 5.27. The first-order chi connectivity index (χ1) is 10.3. The van der Waals surface area contributed by atoms with Crippen LogP contribution in [0.3, 0.4) is 0 Å². The summed E-state index contributed by atoms with van der Waals surface area (Å²) >= 11 is 5.68. The van der Waals surface area contributed by atoms with Crippen LogP contribution in [0.5, 0.6) is 0 Å². The Hall–Kier alpha value is -0.310. The maximum absolute atomic E-state index is 5.68. The standard InChI is InChI=1S/C18H36N2S/c1-3-5-7-11-15-20(16-12-8-6-4-2)18(21)19-17-13-9-10-14-17/h17H,3-16H2,1-2H3,(H,19,21). The maximum atomic E-state index is 5.68. The van der Waals surface area contributed by atoms with Crippen molar-refractivity contribution in [2.24, 2.45) is 0 Å². The number of unbranched alkanes of at least 4 members (excludes halogenated alkanes) is 6. The van der Waals surface area contributed by atoms with Gasteiger partial charge in [-0.2, -0.15) is 0 Å². The third-order valence-corrected chi connectivity index (χ3v) is 4.91. The van der Waals surface area contributed by atoms with Crippen LogP contribution in [-0.4, -0.2) is 29.1 Å². The van der Waals surface area contributed by atoms with Crippen molar-refractivity contribution < 1.29 is 0 Å². The quantitative estimate of drug-likeness (QED) is 0.413. The van der Waals surface area contributed by atoms with Gasteiger partial charge in [0.15, 0.2) is 5.11 Å². The van der Waals surface area contributed by atoms with Gasteiger partial charge in [-0.05, 0) is 37.9 Å². The van der Waals surface area contributed by atoms with Crippen molar-refractivity contribution in [3.8, 4) is 0 Å². The van der Waals surface area contributed by atoms with Gasteiger partial charge in [0.05, 0.1) is 0 Å². The molecular weight excluding hydrogens is 276 g/mol. The van der Waals surface area contributed by atoms with E-state index in [1.165, 1.54) is 77.0 Å². The summed E-state index contributed by atoms with van der Waals surface area (Å²) < 4.78 is 0. The van der Waals surface area contributed by atoms with Crippen molar-refractivity contribution in [3.05, 3.63) is 0 Å². The number of nitrogens with one attached hydrogen (secondary N) is 1. The Morgan fingerprint density at radius 2 is 1.43 bits per heavy atom. The number of hydrogen-bond donors (Lipinski definition) is 1. The number of rotatable bonds is 11. The van der Waals surface area contributed by atoms with Gasteiger partial charge >= 0.3 is 0 Å². The van der Waals surface area contributed by atoms with Crippen LogP contribution in [0.15, 0.2) is 0 Å². The van der Waals surface area contributed by atoms with E-state index in [0.717, 1.165) is 18.2 Å².